The molecule has 0 saturated heterocycles. The van der Waals surface area contributed by atoms with Crippen molar-refractivity contribution in [3.8, 4) is 0 Å². The Balaban J connectivity index is 2.57. The first-order valence-corrected chi connectivity index (χ1v) is 4.92. The van der Waals surface area contributed by atoms with Gasteiger partial charge in [0, 0.05) is 26.0 Å². The highest BCUT2D eigenvalue weighted by Gasteiger charge is 2.04. The number of hydrogen-bond acceptors (Lipinski definition) is 3. The third-order valence-corrected chi connectivity index (χ3v) is 2.17. The summed E-state index contributed by atoms with van der Waals surface area (Å²) in [5.41, 5.74) is 1.79. The molecule has 0 atom stereocenters. The highest BCUT2D eigenvalue weighted by atomic mass is 15.1. The maximum Gasteiger partial charge on any atom is 0.104 e. The van der Waals surface area contributed by atoms with Crippen LogP contribution in [0.1, 0.15) is 25.5 Å². The van der Waals surface area contributed by atoms with Crippen molar-refractivity contribution in [3.63, 3.8) is 0 Å². The number of aromatic nitrogens is 2. The van der Waals surface area contributed by atoms with Gasteiger partial charge in [-0.25, -0.2) is 0 Å². The quantitative estimate of drug-likeness (QED) is 0.714. The second-order valence-corrected chi connectivity index (χ2v) is 3.31. The van der Waals surface area contributed by atoms with E-state index in [0.29, 0.717) is 0 Å². The SMILES string of the molecule is C=C(c1cnccn1)N(C)CCCC. The van der Waals surface area contributed by atoms with E-state index >= 15 is 0 Å². The molecule has 3 nitrogen and oxygen atoms in total. The molecule has 1 rings (SSSR count). The van der Waals surface area contributed by atoms with Gasteiger partial charge >= 0.3 is 0 Å². The Kier molecular flexibility index (Phi) is 4.11. The second kappa shape index (κ2) is 5.37. The number of unbranched alkanes of at least 4 members (excludes halogenated alkanes) is 1. The summed E-state index contributed by atoms with van der Waals surface area (Å²) in [5.74, 6) is 0. The zero-order valence-electron chi connectivity index (χ0n) is 8.90. The summed E-state index contributed by atoms with van der Waals surface area (Å²) in [5, 5.41) is 0. The number of rotatable bonds is 5. The molecule has 0 aliphatic heterocycles. The van der Waals surface area contributed by atoms with Crippen LogP contribution in [0.2, 0.25) is 0 Å². The zero-order valence-corrected chi connectivity index (χ0v) is 8.90. The van der Waals surface area contributed by atoms with Gasteiger partial charge in [-0.2, -0.15) is 0 Å². The van der Waals surface area contributed by atoms with E-state index in [2.05, 4.69) is 28.4 Å². The van der Waals surface area contributed by atoms with E-state index in [1.165, 1.54) is 12.8 Å². The van der Waals surface area contributed by atoms with Crippen molar-refractivity contribution >= 4 is 5.70 Å². The summed E-state index contributed by atoms with van der Waals surface area (Å²) >= 11 is 0. The van der Waals surface area contributed by atoms with Crippen molar-refractivity contribution in [1.29, 1.82) is 0 Å². The summed E-state index contributed by atoms with van der Waals surface area (Å²) in [4.78, 5) is 10.3. The first kappa shape index (κ1) is 10.7. The Hall–Kier alpha value is -1.38. The molecule has 0 radical (unpaired) electrons. The third kappa shape index (κ3) is 2.83. The molecule has 0 aliphatic rings. The molecule has 0 fully saturated rings. The van der Waals surface area contributed by atoms with Gasteiger partial charge in [-0.05, 0) is 6.42 Å². The fourth-order valence-corrected chi connectivity index (χ4v) is 1.17. The molecule has 0 bridgehead atoms. The van der Waals surface area contributed by atoms with E-state index in [4.69, 9.17) is 0 Å². The van der Waals surface area contributed by atoms with Crippen LogP contribution in [-0.4, -0.2) is 28.5 Å². The molecule has 1 aromatic rings. The van der Waals surface area contributed by atoms with Gasteiger partial charge in [-0.3, -0.25) is 9.97 Å². The predicted octanol–water partition coefficient (Wildman–Crippen LogP) is 2.18. The normalized spacial score (nSPS) is 9.86. The highest BCUT2D eigenvalue weighted by molar-refractivity contribution is 5.56. The molecule has 76 valence electrons. The number of nitrogens with zero attached hydrogens (tertiary/aromatic N) is 3. The third-order valence-electron chi connectivity index (χ3n) is 2.17. The molecule has 3 heteroatoms. The van der Waals surface area contributed by atoms with Gasteiger partial charge in [0.05, 0.1) is 11.9 Å². The minimum absolute atomic E-state index is 0.853. The molecule has 0 spiro atoms. The summed E-state index contributed by atoms with van der Waals surface area (Å²) in [6.07, 6.45) is 7.47. The molecule has 0 aliphatic carbocycles. The number of hydrogen-bond donors (Lipinski definition) is 0. The van der Waals surface area contributed by atoms with Crippen molar-refractivity contribution in [2.24, 2.45) is 0 Å². The summed E-state index contributed by atoms with van der Waals surface area (Å²) in [6, 6.07) is 0. The van der Waals surface area contributed by atoms with Crippen LogP contribution in [0, 0.1) is 0 Å². The van der Waals surface area contributed by atoms with Crippen LogP contribution in [0.15, 0.2) is 25.2 Å². The first-order valence-electron chi connectivity index (χ1n) is 4.92. The lowest BCUT2D eigenvalue weighted by Crippen LogP contribution is -2.17. The van der Waals surface area contributed by atoms with E-state index in [0.717, 1.165) is 17.9 Å². The molecule has 1 heterocycles. The molecule has 1 aromatic heterocycles. The van der Waals surface area contributed by atoms with E-state index in [9.17, 15) is 0 Å². The van der Waals surface area contributed by atoms with Crippen molar-refractivity contribution in [3.05, 3.63) is 30.9 Å². The van der Waals surface area contributed by atoms with E-state index in [-0.39, 0.29) is 0 Å². The Bertz CT molecular complexity index is 282. The van der Waals surface area contributed by atoms with Gasteiger partial charge in [0.1, 0.15) is 5.69 Å². The summed E-state index contributed by atoms with van der Waals surface area (Å²) < 4.78 is 0. The Morgan fingerprint density at radius 1 is 1.50 bits per heavy atom. The lowest BCUT2D eigenvalue weighted by atomic mass is 10.3. The molecule has 14 heavy (non-hydrogen) atoms. The van der Waals surface area contributed by atoms with Gasteiger partial charge in [0.2, 0.25) is 0 Å². The van der Waals surface area contributed by atoms with Crippen LogP contribution in [-0.2, 0) is 0 Å². The Labute approximate surface area is 85.5 Å². The Morgan fingerprint density at radius 3 is 2.86 bits per heavy atom. The lowest BCUT2D eigenvalue weighted by molar-refractivity contribution is 0.462. The van der Waals surface area contributed by atoms with E-state index < -0.39 is 0 Å². The highest BCUT2D eigenvalue weighted by Crippen LogP contribution is 2.11. The van der Waals surface area contributed by atoms with Crippen LogP contribution >= 0.6 is 0 Å². The van der Waals surface area contributed by atoms with Crippen LogP contribution in [0.3, 0.4) is 0 Å². The fraction of sp³-hybridized carbons (Fsp3) is 0.455. The fourth-order valence-electron chi connectivity index (χ4n) is 1.17. The van der Waals surface area contributed by atoms with Crippen molar-refractivity contribution in [1.82, 2.24) is 14.9 Å². The zero-order chi connectivity index (χ0) is 10.4. The van der Waals surface area contributed by atoms with Crippen LogP contribution in [0.4, 0.5) is 0 Å². The van der Waals surface area contributed by atoms with Crippen molar-refractivity contribution in [2.45, 2.75) is 19.8 Å². The molecular formula is C11H17N3. The van der Waals surface area contributed by atoms with E-state index in [1.807, 2.05) is 7.05 Å². The second-order valence-electron chi connectivity index (χ2n) is 3.31. The summed E-state index contributed by atoms with van der Waals surface area (Å²) in [6.45, 7) is 7.20. The van der Waals surface area contributed by atoms with E-state index in [1.54, 1.807) is 18.6 Å². The minimum atomic E-state index is 0.853. The molecule has 0 saturated carbocycles. The van der Waals surface area contributed by atoms with Gasteiger partial charge in [-0.1, -0.05) is 19.9 Å². The molecule has 0 N–H and O–H groups in total. The topological polar surface area (TPSA) is 29.0 Å². The van der Waals surface area contributed by atoms with Crippen molar-refractivity contribution in [2.75, 3.05) is 13.6 Å². The smallest absolute Gasteiger partial charge is 0.104 e. The maximum absolute atomic E-state index is 4.20. The average Bonchev–Trinajstić information content (AvgIpc) is 2.26. The van der Waals surface area contributed by atoms with Gasteiger partial charge in [0.25, 0.3) is 0 Å². The van der Waals surface area contributed by atoms with Gasteiger partial charge in [0.15, 0.2) is 0 Å². The molecule has 0 amide bonds. The summed E-state index contributed by atoms with van der Waals surface area (Å²) in [7, 11) is 2.03. The Morgan fingerprint density at radius 2 is 2.29 bits per heavy atom. The van der Waals surface area contributed by atoms with Gasteiger partial charge < -0.3 is 4.90 Å². The van der Waals surface area contributed by atoms with Crippen LogP contribution in [0.5, 0.6) is 0 Å². The largest absolute Gasteiger partial charge is 0.373 e. The standard InChI is InChI=1S/C11H17N3/c1-4-5-8-14(3)10(2)11-9-12-6-7-13-11/h6-7,9H,2,4-5,8H2,1,3H3. The monoisotopic (exact) mass is 191 g/mol. The maximum atomic E-state index is 4.20. The predicted molar refractivity (Wildman–Crippen MR) is 58.6 cm³/mol. The molecular weight excluding hydrogens is 174 g/mol. The van der Waals surface area contributed by atoms with Crippen molar-refractivity contribution < 1.29 is 0 Å². The van der Waals surface area contributed by atoms with Crippen LogP contribution < -0.4 is 0 Å². The molecule has 0 unspecified atom stereocenters. The first-order chi connectivity index (χ1) is 6.75. The molecule has 0 aromatic carbocycles. The van der Waals surface area contributed by atoms with Crippen LogP contribution in [0.25, 0.3) is 5.70 Å². The average molecular weight is 191 g/mol. The van der Waals surface area contributed by atoms with Gasteiger partial charge in [-0.15, -0.1) is 0 Å². The lowest BCUT2D eigenvalue weighted by Gasteiger charge is -2.20. The minimum Gasteiger partial charge on any atom is -0.373 e.